The fraction of sp³-hybridized carbons (Fsp3) is 0.357. The Kier molecular flexibility index (Phi) is 7.63. The van der Waals surface area contributed by atoms with E-state index in [4.69, 9.17) is 32.7 Å². The molecule has 0 aliphatic carbocycles. The largest absolute Gasteiger partial charge is 0.343 e. The van der Waals surface area contributed by atoms with Crippen molar-refractivity contribution in [3.63, 3.8) is 0 Å². The second-order valence-electron chi connectivity index (χ2n) is 9.50. The van der Waals surface area contributed by atoms with Crippen molar-refractivity contribution in [2.45, 2.75) is 30.7 Å². The van der Waals surface area contributed by atoms with Gasteiger partial charge in [0.25, 0.3) is 0 Å². The minimum absolute atomic E-state index is 0.246. The van der Waals surface area contributed by atoms with Crippen molar-refractivity contribution in [1.29, 1.82) is 0 Å². The molecular formula is C28H30Cl2FNO2Si. The molecule has 2 saturated heterocycles. The zero-order valence-corrected chi connectivity index (χ0v) is 22.2. The fourth-order valence-corrected chi connectivity index (χ4v) is 10.6. The molecule has 0 spiro atoms. The first kappa shape index (κ1) is 24.9. The SMILES string of the molecule is Fc1ccc(C2(CCCN3CC[Si](c4ccc(Cl)cc4)(c4ccc(Cl)cc4)CC3)OCCO2)cc1. The number of nitrogens with zero attached hydrogens (tertiary/aromatic N) is 1. The molecule has 0 bridgehead atoms. The Bertz CT molecular complexity index is 1060. The first-order chi connectivity index (χ1) is 17.0. The van der Waals surface area contributed by atoms with Gasteiger partial charge in [-0.3, -0.25) is 0 Å². The van der Waals surface area contributed by atoms with Gasteiger partial charge in [0.05, 0.1) is 13.2 Å². The molecule has 0 unspecified atom stereocenters. The maximum Gasteiger partial charge on any atom is 0.195 e. The summed E-state index contributed by atoms with van der Waals surface area (Å²) in [5.41, 5.74) is 0.895. The third kappa shape index (κ3) is 5.36. The van der Waals surface area contributed by atoms with Crippen LogP contribution in [0.4, 0.5) is 4.39 Å². The molecule has 7 heteroatoms. The standard InChI is InChI=1S/C28H30Cl2FNO2Si/c29-23-4-10-26(11-5-23)35(27-12-6-24(30)7-13-27)20-16-32(17-21-35)15-1-14-28(33-18-19-34-28)22-2-8-25(31)9-3-22/h2-13H,1,14-21H2. The average Bonchev–Trinajstić information content (AvgIpc) is 3.36. The lowest BCUT2D eigenvalue weighted by Crippen LogP contribution is -2.63. The summed E-state index contributed by atoms with van der Waals surface area (Å²) in [4.78, 5) is 2.56. The number of hydrogen-bond donors (Lipinski definition) is 0. The molecule has 2 aliphatic heterocycles. The Morgan fingerprint density at radius 2 is 1.29 bits per heavy atom. The first-order valence-corrected chi connectivity index (χ1v) is 15.4. The lowest BCUT2D eigenvalue weighted by Gasteiger charge is -2.41. The summed E-state index contributed by atoms with van der Waals surface area (Å²) < 4.78 is 25.5. The van der Waals surface area contributed by atoms with Crippen molar-refractivity contribution < 1.29 is 13.9 Å². The van der Waals surface area contributed by atoms with Crippen molar-refractivity contribution in [3.05, 3.63) is 94.2 Å². The van der Waals surface area contributed by atoms with Crippen LogP contribution in [0.1, 0.15) is 18.4 Å². The summed E-state index contributed by atoms with van der Waals surface area (Å²) in [7, 11) is -1.90. The van der Waals surface area contributed by atoms with Gasteiger partial charge in [-0.2, -0.15) is 0 Å². The molecule has 0 saturated carbocycles. The highest BCUT2D eigenvalue weighted by Crippen LogP contribution is 2.36. The van der Waals surface area contributed by atoms with Crippen molar-refractivity contribution in [2.24, 2.45) is 0 Å². The predicted octanol–water partition coefficient (Wildman–Crippen LogP) is 5.69. The average molecular weight is 531 g/mol. The van der Waals surface area contributed by atoms with E-state index in [1.54, 1.807) is 12.1 Å². The van der Waals surface area contributed by atoms with Crippen LogP contribution in [-0.2, 0) is 15.3 Å². The Morgan fingerprint density at radius 3 is 1.80 bits per heavy atom. The Hall–Kier alpha value is -1.73. The molecule has 2 heterocycles. The van der Waals surface area contributed by atoms with Gasteiger partial charge in [0.1, 0.15) is 13.9 Å². The summed E-state index contributed by atoms with van der Waals surface area (Å²) in [6.45, 7) is 4.24. The first-order valence-electron chi connectivity index (χ1n) is 12.3. The van der Waals surface area contributed by atoms with Crippen molar-refractivity contribution in [3.8, 4) is 0 Å². The lowest BCUT2D eigenvalue weighted by molar-refractivity contribution is -0.172. The Morgan fingerprint density at radius 1 is 0.771 bits per heavy atom. The summed E-state index contributed by atoms with van der Waals surface area (Å²) in [5.74, 6) is -1.00. The molecule has 3 nitrogen and oxygen atoms in total. The van der Waals surface area contributed by atoms with Crippen LogP contribution < -0.4 is 10.4 Å². The van der Waals surface area contributed by atoms with Crippen LogP contribution in [-0.4, -0.2) is 45.8 Å². The maximum absolute atomic E-state index is 13.4. The normalized spacial score (nSPS) is 19.6. The van der Waals surface area contributed by atoms with Gasteiger partial charge in [-0.15, -0.1) is 0 Å². The van der Waals surface area contributed by atoms with E-state index >= 15 is 0 Å². The van der Waals surface area contributed by atoms with Crippen molar-refractivity contribution >= 4 is 41.6 Å². The van der Waals surface area contributed by atoms with Gasteiger partial charge < -0.3 is 14.4 Å². The number of ether oxygens (including phenoxy) is 2. The highest BCUT2D eigenvalue weighted by molar-refractivity contribution is 7.02. The molecule has 35 heavy (non-hydrogen) atoms. The van der Waals surface area contributed by atoms with Crippen LogP contribution >= 0.6 is 23.2 Å². The zero-order valence-electron chi connectivity index (χ0n) is 19.7. The molecule has 3 aromatic carbocycles. The zero-order chi connectivity index (χ0) is 24.3. The van der Waals surface area contributed by atoms with Crippen LogP contribution in [0.3, 0.4) is 0 Å². The van der Waals surface area contributed by atoms with Crippen LogP contribution in [0.2, 0.25) is 22.1 Å². The third-order valence-electron chi connectivity index (χ3n) is 7.52. The topological polar surface area (TPSA) is 21.7 Å². The molecule has 2 fully saturated rings. The summed E-state index contributed by atoms with van der Waals surface area (Å²) in [5, 5.41) is 4.43. The molecule has 184 valence electrons. The van der Waals surface area contributed by atoms with E-state index in [-0.39, 0.29) is 5.82 Å². The number of rotatable bonds is 7. The Labute approximate surface area is 217 Å². The van der Waals surface area contributed by atoms with E-state index in [2.05, 4.69) is 29.2 Å². The van der Waals surface area contributed by atoms with Crippen molar-refractivity contribution in [1.82, 2.24) is 4.90 Å². The van der Waals surface area contributed by atoms with E-state index in [0.29, 0.717) is 13.2 Å². The highest BCUT2D eigenvalue weighted by Gasteiger charge is 2.41. The van der Waals surface area contributed by atoms with Gasteiger partial charge >= 0.3 is 0 Å². The molecule has 0 atom stereocenters. The monoisotopic (exact) mass is 529 g/mol. The van der Waals surface area contributed by atoms with Crippen LogP contribution in [0, 0.1) is 5.82 Å². The van der Waals surface area contributed by atoms with Gasteiger partial charge in [0.2, 0.25) is 0 Å². The van der Waals surface area contributed by atoms with E-state index in [1.165, 1.54) is 22.5 Å². The quantitative estimate of drug-likeness (QED) is 0.367. The number of halogens is 3. The summed E-state index contributed by atoms with van der Waals surface area (Å²) >= 11 is 12.4. The lowest BCUT2D eigenvalue weighted by atomic mass is 10.0. The molecule has 0 amide bonds. The van der Waals surface area contributed by atoms with Gasteiger partial charge in [-0.05, 0) is 74.5 Å². The van der Waals surface area contributed by atoms with Gasteiger partial charge in [0, 0.05) is 22.0 Å². The third-order valence-corrected chi connectivity index (χ3v) is 13.1. The summed E-state index contributed by atoms with van der Waals surface area (Å²) in [6, 6.07) is 25.8. The number of benzene rings is 3. The van der Waals surface area contributed by atoms with E-state index in [0.717, 1.165) is 60.2 Å². The van der Waals surface area contributed by atoms with Gasteiger partial charge in [0.15, 0.2) is 5.79 Å². The molecule has 3 aromatic rings. The fourth-order valence-electron chi connectivity index (χ4n) is 5.59. The molecule has 5 rings (SSSR count). The summed E-state index contributed by atoms with van der Waals surface area (Å²) in [6.07, 6.45) is 1.71. The molecule has 0 aromatic heterocycles. The van der Waals surface area contributed by atoms with Crippen LogP contribution in [0.15, 0.2) is 72.8 Å². The highest BCUT2D eigenvalue weighted by atomic mass is 35.5. The minimum Gasteiger partial charge on any atom is -0.343 e. The minimum atomic E-state index is -1.90. The molecule has 0 radical (unpaired) electrons. The Balaban J connectivity index is 1.26. The predicted molar refractivity (Wildman–Crippen MR) is 143 cm³/mol. The molecule has 2 aliphatic rings. The van der Waals surface area contributed by atoms with E-state index < -0.39 is 13.9 Å². The van der Waals surface area contributed by atoms with Crippen LogP contribution in [0.25, 0.3) is 0 Å². The second kappa shape index (κ2) is 10.7. The molecular weight excluding hydrogens is 500 g/mol. The van der Waals surface area contributed by atoms with Crippen LogP contribution in [0.5, 0.6) is 0 Å². The number of hydrogen-bond acceptors (Lipinski definition) is 3. The van der Waals surface area contributed by atoms with E-state index in [9.17, 15) is 4.39 Å². The van der Waals surface area contributed by atoms with Gasteiger partial charge in [-0.1, -0.05) is 70.0 Å². The maximum atomic E-state index is 13.4. The van der Waals surface area contributed by atoms with Crippen molar-refractivity contribution in [2.75, 3.05) is 32.8 Å². The molecule has 0 N–H and O–H groups in total. The second-order valence-corrected chi connectivity index (χ2v) is 14.7. The van der Waals surface area contributed by atoms with Gasteiger partial charge in [-0.25, -0.2) is 4.39 Å². The van der Waals surface area contributed by atoms with E-state index in [1.807, 2.05) is 24.3 Å². The smallest absolute Gasteiger partial charge is 0.195 e.